The van der Waals surface area contributed by atoms with Crippen LogP contribution in [0.2, 0.25) is 0 Å². The predicted molar refractivity (Wildman–Crippen MR) is 56.0 cm³/mol. The zero-order valence-corrected chi connectivity index (χ0v) is 8.49. The molecule has 0 amide bonds. The van der Waals surface area contributed by atoms with E-state index in [0.29, 0.717) is 6.61 Å². The summed E-state index contributed by atoms with van der Waals surface area (Å²) in [6, 6.07) is 7.33. The molecule has 1 aromatic rings. The van der Waals surface area contributed by atoms with Gasteiger partial charge < -0.3 is 14.9 Å². The molecule has 0 aliphatic carbocycles. The van der Waals surface area contributed by atoms with Crippen molar-refractivity contribution in [3.05, 3.63) is 29.8 Å². The molecule has 0 saturated heterocycles. The Labute approximate surface area is 84.2 Å². The fraction of sp³-hybridized carbons (Fsp3) is 0.364. The van der Waals surface area contributed by atoms with Gasteiger partial charge in [0.25, 0.3) is 0 Å². The summed E-state index contributed by atoms with van der Waals surface area (Å²) >= 11 is 0. The van der Waals surface area contributed by atoms with Crippen LogP contribution in [0.3, 0.4) is 0 Å². The minimum atomic E-state index is -0.231. The number of hydrogen-bond acceptors (Lipinski definition) is 3. The van der Waals surface area contributed by atoms with Crippen LogP contribution in [0.15, 0.2) is 24.3 Å². The molecule has 0 bridgehead atoms. The molecule has 3 nitrogen and oxygen atoms in total. The summed E-state index contributed by atoms with van der Waals surface area (Å²) in [5.41, 5.74) is 0.862. The van der Waals surface area contributed by atoms with Crippen molar-refractivity contribution >= 4 is 6.21 Å². The first-order valence-electron chi connectivity index (χ1n) is 4.65. The fourth-order valence-electron chi connectivity index (χ4n) is 1.10. The van der Waals surface area contributed by atoms with Crippen molar-refractivity contribution in [1.82, 2.24) is 0 Å². The molecule has 3 heteroatoms. The van der Waals surface area contributed by atoms with E-state index in [0.717, 1.165) is 11.3 Å². The zero-order chi connectivity index (χ0) is 10.4. The standard InChI is InChI=1S/C11H15NO2/c1-3-13-9(2)14-11-6-4-10(8-12)5-7-11/h4-9,12H,3H2,1-2H3. The van der Waals surface area contributed by atoms with Crippen molar-refractivity contribution in [3.63, 3.8) is 0 Å². The van der Waals surface area contributed by atoms with Crippen LogP contribution in [0.1, 0.15) is 19.4 Å². The highest BCUT2D eigenvalue weighted by Gasteiger charge is 2.01. The number of rotatable bonds is 5. The van der Waals surface area contributed by atoms with Crippen LogP contribution in [0.4, 0.5) is 0 Å². The molecule has 1 unspecified atom stereocenters. The van der Waals surface area contributed by atoms with E-state index in [2.05, 4.69) is 0 Å². The van der Waals surface area contributed by atoms with Crippen molar-refractivity contribution in [3.8, 4) is 5.75 Å². The van der Waals surface area contributed by atoms with E-state index >= 15 is 0 Å². The smallest absolute Gasteiger partial charge is 0.196 e. The molecule has 14 heavy (non-hydrogen) atoms. The molecule has 76 valence electrons. The topological polar surface area (TPSA) is 42.3 Å². The minimum Gasteiger partial charge on any atom is -0.465 e. The van der Waals surface area contributed by atoms with Crippen molar-refractivity contribution in [2.45, 2.75) is 20.1 Å². The molecule has 1 rings (SSSR count). The minimum absolute atomic E-state index is 0.231. The third-order valence-electron chi connectivity index (χ3n) is 1.75. The highest BCUT2D eigenvalue weighted by Crippen LogP contribution is 2.13. The SMILES string of the molecule is CCOC(C)Oc1ccc(C=N)cc1. The Bertz CT molecular complexity index is 282. The van der Waals surface area contributed by atoms with Gasteiger partial charge in [0.1, 0.15) is 5.75 Å². The Morgan fingerprint density at radius 2 is 2.00 bits per heavy atom. The number of nitrogens with one attached hydrogen (secondary N) is 1. The van der Waals surface area contributed by atoms with E-state index in [1.54, 1.807) is 0 Å². The third-order valence-corrected chi connectivity index (χ3v) is 1.75. The Kier molecular flexibility index (Phi) is 4.13. The van der Waals surface area contributed by atoms with E-state index in [-0.39, 0.29) is 6.29 Å². The molecule has 0 aromatic heterocycles. The summed E-state index contributed by atoms with van der Waals surface area (Å²) in [5.74, 6) is 0.761. The highest BCUT2D eigenvalue weighted by atomic mass is 16.7. The fourth-order valence-corrected chi connectivity index (χ4v) is 1.10. The molecular formula is C11H15NO2. The van der Waals surface area contributed by atoms with E-state index in [9.17, 15) is 0 Å². The predicted octanol–water partition coefficient (Wildman–Crippen LogP) is 2.45. The molecule has 0 aliphatic rings. The van der Waals surface area contributed by atoms with E-state index in [1.807, 2.05) is 38.1 Å². The molecule has 1 aromatic carbocycles. The Morgan fingerprint density at radius 1 is 1.36 bits per heavy atom. The maximum atomic E-state index is 7.03. The normalized spacial score (nSPS) is 12.1. The molecule has 0 heterocycles. The van der Waals surface area contributed by atoms with Gasteiger partial charge in [0.05, 0.1) is 0 Å². The quantitative estimate of drug-likeness (QED) is 0.576. The molecular weight excluding hydrogens is 178 g/mol. The van der Waals surface area contributed by atoms with Crippen molar-refractivity contribution in [2.24, 2.45) is 0 Å². The van der Waals surface area contributed by atoms with E-state index < -0.39 is 0 Å². The van der Waals surface area contributed by atoms with Gasteiger partial charge >= 0.3 is 0 Å². The molecule has 0 radical (unpaired) electrons. The Balaban J connectivity index is 2.55. The van der Waals surface area contributed by atoms with Crippen LogP contribution < -0.4 is 4.74 Å². The van der Waals surface area contributed by atoms with Gasteiger partial charge in [-0.3, -0.25) is 0 Å². The van der Waals surface area contributed by atoms with Crippen LogP contribution in [-0.2, 0) is 4.74 Å². The van der Waals surface area contributed by atoms with Crippen molar-refractivity contribution in [2.75, 3.05) is 6.61 Å². The first-order valence-corrected chi connectivity index (χ1v) is 4.65. The monoisotopic (exact) mass is 193 g/mol. The summed E-state index contributed by atoms with van der Waals surface area (Å²) in [6.07, 6.45) is 1.07. The number of benzene rings is 1. The molecule has 0 fully saturated rings. The molecule has 1 N–H and O–H groups in total. The highest BCUT2D eigenvalue weighted by molar-refractivity contribution is 5.76. The van der Waals surface area contributed by atoms with Gasteiger partial charge in [-0.1, -0.05) is 0 Å². The van der Waals surface area contributed by atoms with Gasteiger partial charge in [0.15, 0.2) is 6.29 Å². The third kappa shape index (κ3) is 3.18. The van der Waals surface area contributed by atoms with Crippen molar-refractivity contribution < 1.29 is 9.47 Å². The lowest BCUT2D eigenvalue weighted by atomic mass is 10.2. The van der Waals surface area contributed by atoms with Gasteiger partial charge in [-0.2, -0.15) is 0 Å². The summed E-state index contributed by atoms with van der Waals surface area (Å²) in [5, 5.41) is 7.03. The maximum Gasteiger partial charge on any atom is 0.196 e. The number of ether oxygens (including phenoxy) is 2. The maximum absolute atomic E-state index is 7.03. The second-order valence-electron chi connectivity index (χ2n) is 2.85. The average molecular weight is 193 g/mol. The van der Waals surface area contributed by atoms with Gasteiger partial charge in [-0.15, -0.1) is 0 Å². The van der Waals surface area contributed by atoms with Crippen molar-refractivity contribution in [1.29, 1.82) is 5.41 Å². The molecule has 0 saturated carbocycles. The van der Waals surface area contributed by atoms with E-state index in [4.69, 9.17) is 14.9 Å². The average Bonchev–Trinajstić information content (AvgIpc) is 2.19. The van der Waals surface area contributed by atoms with Crippen LogP contribution >= 0.6 is 0 Å². The lowest BCUT2D eigenvalue weighted by Crippen LogP contribution is -2.15. The largest absolute Gasteiger partial charge is 0.465 e. The van der Waals surface area contributed by atoms with Gasteiger partial charge in [0, 0.05) is 12.8 Å². The van der Waals surface area contributed by atoms with Crippen LogP contribution in [-0.4, -0.2) is 19.1 Å². The van der Waals surface area contributed by atoms with Crippen LogP contribution in [0, 0.1) is 5.41 Å². The summed E-state index contributed by atoms with van der Waals surface area (Å²) in [7, 11) is 0. The first kappa shape index (κ1) is 10.7. The van der Waals surface area contributed by atoms with Gasteiger partial charge in [-0.25, -0.2) is 0 Å². The lowest BCUT2D eigenvalue weighted by Gasteiger charge is -2.14. The number of hydrogen-bond donors (Lipinski definition) is 1. The summed E-state index contributed by atoms with van der Waals surface area (Å²) < 4.78 is 10.7. The van der Waals surface area contributed by atoms with Gasteiger partial charge in [0.2, 0.25) is 0 Å². The Morgan fingerprint density at radius 3 is 2.50 bits per heavy atom. The molecule has 0 spiro atoms. The summed E-state index contributed by atoms with van der Waals surface area (Å²) in [4.78, 5) is 0. The van der Waals surface area contributed by atoms with E-state index in [1.165, 1.54) is 6.21 Å². The van der Waals surface area contributed by atoms with Crippen LogP contribution in [0.25, 0.3) is 0 Å². The van der Waals surface area contributed by atoms with Gasteiger partial charge in [-0.05, 0) is 43.7 Å². The lowest BCUT2D eigenvalue weighted by molar-refractivity contribution is -0.0613. The molecule has 1 atom stereocenters. The zero-order valence-electron chi connectivity index (χ0n) is 8.49. The second-order valence-corrected chi connectivity index (χ2v) is 2.85. The molecule has 0 aliphatic heterocycles. The first-order chi connectivity index (χ1) is 6.76. The Hall–Kier alpha value is -1.35. The second kappa shape index (κ2) is 5.40. The van der Waals surface area contributed by atoms with Crippen LogP contribution in [0.5, 0.6) is 5.75 Å². The summed E-state index contributed by atoms with van der Waals surface area (Å²) in [6.45, 7) is 4.42.